The van der Waals surface area contributed by atoms with Crippen LogP contribution in [0.2, 0.25) is 0 Å². The number of thiophene rings is 2. The molecule has 8 heteroatoms. The third-order valence-electron chi connectivity index (χ3n) is 4.90. The summed E-state index contributed by atoms with van der Waals surface area (Å²) in [6.45, 7) is 2.85. The molecule has 1 N–H and O–H groups in total. The van der Waals surface area contributed by atoms with Gasteiger partial charge >= 0.3 is 0 Å². The van der Waals surface area contributed by atoms with Crippen molar-refractivity contribution in [2.45, 2.75) is 37.9 Å². The first-order chi connectivity index (χ1) is 13.0. The topological polar surface area (TPSA) is 66.1 Å². The number of carbonyl (C=O) groups is 1. The van der Waals surface area contributed by atoms with Crippen molar-refractivity contribution in [1.82, 2.24) is 14.9 Å². The number of nitrogens with zero attached hydrogens (tertiary/aromatic N) is 2. The van der Waals surface area contributed by atoms with Crippen molar-refractivity contribution in [3.05, 3.63) is 43.2 Å². The SMILES string of the molecule is C[C@H]1CCc2c(sc3nc(SCC(=O)N(C)Cc4ccsc4)[nH]c(=O)c23)C1. The molecule has 0 radical (unpaired) electrons. The van der Waals surface area contributed by atoms with Gasteiger partial charge in [-0.15, -0.1) is 11.3 Å². The Balaban J connectivity index is 1.48. The monoisotopic (exact) mass is 419 g/mol. The molecule has 0 aromatic carbocycles. The summed E-state index contributed by atoms with van der Waals surface area (Å²) in [6, 6.07) is 2.02. The van der Waals surface area contributed by atoms with Gasteiger partial charge in [0.25, 0.3) is 5.56 Å². The number of aromatic amines is 1. The first-order valence-electron chi connectivity index (χ1n) is 8.93. The van der Waals surface area contributed by atoms with Crippen molar-refractivity contribution >= 4 is 50.6 Å². The third-order valence-corrected chi connectivity index (χ3v) is 7.64. The number of H-pyrrole nitrogens is 1. The van der Waals surface area contributed by atoms with E-state index in [0.717, 1.165) is 35.0 Å². The highest BCUT2D eigenvalue weighted by molar-refractivity contribution is 7.99. The molecule has 1 atom stereocenters. The Morgan fingerprint density at radius 3 is 3.11 bits per heavy atom. The summed E-state index contributed by atoms with van der Waals surface area (Å²) in [5, 5.41) is 5.33. The smallest absolute Gasteiger partial charge is 0.260 e. The quantitative estimate of drug-likeness (QED) is 0.503. The number of aryl methyl sites for hydroxylation is 1. The summed E-state index contributed by atoms with van der Waals surface area (Å²) >= 11 is 4.56. The second-order valence-corrected chi connectivity index (χ2v) is 9.90. The Labute approximate surface area is 169 Å². The Morgan fingerprint density at radius 1 is 1.48 bits per heavy atom. The van der Waals surface area contributed by atoms with Gasteiger partial charge in [-0.25, -0.2) is 4.98 Å². The minimum Gasteiger partial charge on any atom is -0.341 e. The summed E-state index contributed by atoms with van der Waals surface area (Å²) in [6.07, 6.45) is 3.11. The highest BCUT2D eigenvalue weighted by Crippen LogP contribution is 2.36. The zero-order valence-electron chi connectivity index (χ0n) is 15.3. The third kappa shape index (κ3) is 3.97. The minimum absolute atomic E-state index is 0.0215. The van der Waals surface area contributed by atoms with Crippen LogP contribution in [0.5, 0.6) is 0 Å². The van der Waals surface area contributed by atoms with Gasteiger partial charge < -0.3 is 9.88 Å². The van der Waals surface area contributed by atoms with E-state index in [2.05, 4.69) is 16.9 Å². The van der Waals surface area contributed by atoms with Crippen molar-refractivity contribution in [2.24, 2.45) is 5.92 Å². The largest absolute Gasteiger partial charge is 0.341 e. The lowest BCUT2D eigenvalue weighted by Gasteiger charge is -2.17. The fourth-order valence-corrected chi connectivity index (χ4v) is 6.28. The average molecular weight is 420 g/mol. The van der Waals surface area contributed by atoms with Gasteiger partial charge in [0.1, 0.15) is 4.83 Å². The maximum Gasteiger partial charge on any atom is 0.260 e. The zero-order chi connectivity index (χ0) is 19.0. The molecule has 1 aliphatic carbocycles. The molecule has 3 aromatic rings. The van der Waals surface area contributed by atoms with Crippen LogP contribution in [0.1, 0.15) is 29.3 Å². The van der Waals surface area contributed by atoms with Crippen LogP contribution in [0.3, 0.4) is 0 Å². The van der Waals surface area contributed by atoms with Crippen LogP contribution in [0.4, 0.5) is 0 Å². The number of thioether (sulfide) groups is 1. The highest BCUT2D eigenvalue weighted by atomic mass is 32.2. The second kappa shape index (κ2) is 7.77. The molecule has 0 bridgehead atoms. The normalized spacial score (nSPS) is 16.4. The van der Waals surface area contributed by atoms with E-state index >= 15 is 0 Å². The molecular formula is C19H21N3O2S3. The standard InChI is InChI=1S/C19H21N3O2S3/c1-11-3-4-13-14(7-11)27-18-16(13)17(24)20-19(21-18)26-10-15(23)22(2)8-12-5-6-25-9-12/h5-6,9,11H,3-4,7-8,10H2,1-2H3,(H,20,21,24)/t11-/m0/s1. The Morgan fingerprint density at radius 2 is 2.33 bits per heavy atom. The average Bonchev–Trinajstić information content (AvgIpc) is 3.26. The lowest BCUT2D eigenvalue weighted by atomic mass is 9.89. The number of hydrogen-bond acceptors (Lipinski definition) is 6. The number of hydrogen-bond donors (Lipinski definition) is 1. The van der Waals surface area contributed by atoms with E-state index < -0.39 is 0 Å². The molecule has 27 heavy (non-hydrogen) atoms. The van der Waals surface area contributed by atoms with Crippen LogP contribution in [0.15, 0.2) is 26.8 Å². The maximum absolute atomic E-state index is 12.6. The number of amides is 1. The van der Waals surface area contributed by atoms with Crippen LogP contribution >= 0.6 is 34.4 Å². The Hall–Kier alpha value is -1.64. The van der Waals surface area contributed by atoms with Crippen LogP contribution in [0.25, 0.3) is 10.2 Å². The Bertz CT molecular complexity index is 1020. The number of nitrogens with one attached hydrogen (secondary N) is 1. The summed E-state index contributed by atoms with van der Waals surface area (Å²) in [4.78, 5) is 36.3. The molecule has 0 saturated heterocycles. The van der Waals surface area contributed by atoms with E-state index in [-0.39, 0.29) is 17.2 Å². The van der Waals surface area contributed by atoms with Gasteiger partial charge in [0.05, 0.1) is 11.1 Å². The number of aromatic nitrogens is 2. The van der Waals surface area contributed by atoms with Gasteiger partial charge in [-0.2, -0.15) is 11.3 Å². The van der Waals surface area contributed by atoms with E-state index in [1.54, 1.807) is 34.6 Å². The summed E-state index contributed by atoms with van der Waals surface area (Å²) < 4.78 is 0. The molecule has 0 unspecified atom stereocenters. The predicted molar refractivity (Wildman–Crippen MR) is 113 cm³/mol. The maximum atomic E-state index is 12.6. The number of carbonyl (C=O) groups excluding carboxylic acids is 1. The molecule has 1 aliphatic rings. The molecule has 4 rings (SSSR count). The lowest BCUT2D eigenvalue weighted by Crippen LogP contribution is -2.27. The van der Waals surface area contributed by atoms with Gasteiger partial charge in [-0.3, -0.25) is 9.59 Å². The van der Waals surface area contributed by atoms with E-state index in [0.29, 0.717) is 17.6 Å². The van der Waals surface area contributed by atoms with Crippen molar-refractivity contribution in [3.63, 3.8) is 0 Å². The first kappa shape index (κ1) is 18.7. The van der Waals surface area contributed by atoms with Crippen LogP contribution in [-0.4, -0.2) is 33.6 Å². The Kier molecular flexibility index (Phi) is 5.39. The minimum atomic E-state index is -0.0753. The molecule has 0 fully saturated rings. The van der Waals surface area contributed by atoms with Gasteiger partial charge in [0.2, 0.25) is 5.91 Å². The second-order valence-electron chi connectivity index (χ2n) is 7.07. The molecule has 3 heterocycles. The van der Waals surface area contributed by atoms with E-state index in [1.807, 2.05) is 16.8 Å². The molecule has 142 valence electrons. The molecule has 0 spiro atoms. The van der Waals surface area contributed by atoms with Crippen LogP contribution < -0.4 is 5.56 Å². The lowest BCUT2D eigenvalue weighted by molar-refractivity contribution is -0.127. The number of fused-ring (bicyclic) bond motifs is 3. The molecule has 0 aliphatic heterocycles. The number of rotatable bonds is 5. The molecule has 3 aromatic heterocycles. The highest BCUT2D eigenvalue weighted by Gasteiger charge is 2.23. The van der Waals surface area contributed by atoms with Crippen molar-refractivity contribution in [2.75, 3.05) is 12.8 Å². The van der Waals surface area contributed by atoms with Crippen molar-refractivity contribution in [1.29, 1.82) is 0 Å². The van der Waals surface area contributed by atoms with E-state index in [9.17, 15) is 9.59 Å². The van der Waals surface area contributed by atoms with E-state index in [4.69, 9.17) is 0 Å². The fourth-order valence-electron chi connectivity index (χ4n) is 3.38. The van der Waals surface area contributed by atoms with Gasteiger partial charge in [0.15, 0.2) is 5.16 Å². The van der Waals surface area contributed by atoms with Gasteiger partial charge in [0, 0.05) is 18.5 Å². The van der Waals surface area contributed by atoms with Crippen LogP contribution in [0, 0.1) is 5.92 Å². The van der Waals surface area contributed by atoms with Crippen molar-refractivity contribution in [3.8, 4) is 0 Å². The van der Waals surface area contributed by atoms with E-state index in [1.165, 1.54) is 22.2 Å². The summed E-state index contributed by atoms with van der Waals surface area (Å²) in [5.74, 6) is 0.945. The molecule has 5 nitrogen and oxygen atoms in total. The molecular weight excluding hydrogens is 398 g/mol. The van der Waals surface area contributed by atoms with Crippen LogP contribution in [-0.2, 0) is 24.2 Å². The fraction of sp³-hybridized carbons (Fsp3) is 0.421. The predicted octanol–water partition coefficient (Wildman–Crippen LogP) is 3.92. The molecule has 1 amide bonds. The summed E-state index contributed by atoms with van der Waals surface area (Å²) in [5.41, 5.74) is 2.24. The first-order valence-corrected chi connectivity index (χ1v) is 11.7. The van der Waals surface area contributed by atoms with Gasteiger partial charge in [-0.1, -0.05) is 18.7 Å². The van der Waals surface area contributed by atoms with Crippen molar-refractivity contribution < 1.29 is 4.79 Å². The summed E-state index contributed by atoms with van der Waals surface area (Å²) in [7, 11) is 1.80. The van der Waals surface area contributed by atoms with Gasteiger partial charge in [-0.05, 0) is 53.1 Å². The molecule has 0 saturated carbocycles. The zero-order valence-corrected chi connectivity index (χ0v) is 17.7.